The zero-order chi connectivity index (χ0) is 9.97. The maximum absolute atomic E-state index is 5.57. The number of rotatable bonds is 3. The Morgan fingerprint density at radius 3 is 3.07 bits per heavy atom. The van der Waals surface area contributed by atoms with E-state index in [9.17, 15) is 0 Å². The Morgan fingerprint density at radius 1 is 1.57 bits per heavy atom. The molecule has 2 N–H and O–H groups in total. The van der Waals surface area contributed by atoms with Gasteiger partial charge in [-0.15, -0.1) is 11.3 Å². The highest BCUT2D eigenvalue weighted by atomic mass is 32.2. The molecule has 1 unspecified atom stereocenters. The lowest BCUT2D eigenvalue weighted by atomic mass is 10.1. The molecule has 0 aromatic carbocycles. The largest absolute Gasteiger partial charge is 0.330 e. The maximum Gasteiger partial charge on any atom is 0.0970 e. The fourth-order valence-electron chi connectivity index (χ4n) is 1.72. The molecule has 1 aromatic heterocycles. The number of thioether (sulfide) groups is 1. The highest BCUT2D eigenvalue weighted by Crippen LogP contribution is 2.35. The lowest BCUT2D eigenvalue weighted by Gasteiger charge is -2.01. The van der Waals surface area contributed by atoms with Crippen LogP contribution in [0.15, 0.2) is 0 Å². The predicted molar refractivity (Wildman–Crippen MR) is 64.3 cm³/mol. The van der Waals surface area contributed by atoms with Crippen LogP contribution < -0.4 is 5.73 Å². The van der Waals surface area contributed by atoms with E-state index in [1.807, 2.05) is 23.1 Å². The lowest BCUT2D eigenvalue weighted by Crippen LogP contribution is -2.01. The molecule has 2 nitrogen and oxygen atoms in total. The summed E-state index contributed by atoms with van der Waals surface area (Å²) in [6.45, 7) is 2.84. The molecule has 1 atom stereocenters. The van der Waals surface area contributed by atoms with Gasteiger partial charge in [0.15, 0.2) is 0 Å². The molecule has 78 valence electrons. The maximum atomic E-state index is 5.57. The minimum Gasteiger partial charge on any atom is -0.330 e. The Bertz CT molecular complexity index is 303. The summed E-state index contributed by atoms with van der Waals surface area (Å²) in [6, 6.07) is 0. The number of hydrogen-bond donors (Lipinski definition) is 1. The molecule has 14 heavy (non-hydrogen) atoms. The SMILES string of the molecule is Cc1nc(C2CCSC2)sc1CCN. The average Bonchev–Trinajstić information content (AvgIpc) is 2.76. The Morgan fingerprint density at radius 2 is 2.43 bits per heavy atom. The average molecular weight is 228 g/mol. The molecule has 1 aromatic rings. The predicted octanol–water partition coefficient (Wildman–Crippen LogP) is 2.17. The van der Waals surface area contributed by atoms with Gasteiger partial charge in [-0.25, -0.2) is 4.98 Å². The zero-order valence-corrected chi connectivity index (χ0v) is 10.1. The molecule has 0 aliphatic carbocycles. The van der Waals surface area contributed by atoms with Gasteiger partial charge >= 0.3 is 0 Å². The molecule has 0 amide bonds. The Hall–Kier alpha value is -0.0600. The van der Waals surface area contributed by atoms with Crippen molar-refractivity contribution in [1.29, 1.82) is 0 Å². The molecular weight excluding hydrogens is 212 g/mol. The monoisotopic (exact) mass is 228 g/mol. The molecule has 2 heterocycles. The number of thiazole rings is 1. The number of aromatic nitrogens is 1. The molecule has 2 rings (SSSR count). The highest BCUT2D eigenvalue weighted by Gasteiger charge is 2.21. The summed E-state index contributed by atoms with van der Waals surface area (Å²) in [5, 5.41) is 1.34. The highest BCUT2D eigenvalue weighted by molar-refractivity contribution is 7.99. The van der Waals surface area contributed by atoms with Crippen LogP contribution in [0.3, 0.4) is 0 Å². The second-order valence-electron chi connectivity index (χ2n) is 3.66. The van der Waals surface area contributed by atoms with Crippen LogP contribution in [0.1, 0.15) is 27.9 Å². The van der Waals surface area contributed by atoms with Gasteiger partial charge in [0.2, 0.25) is 0 Å². The fourth-order valence-corrected chi connectivity index (χ4v) is 4.27. The summed E-state index contributed by atoms with van der Waals surface area (Å²) < 4.78 is 0. The summed E-state index contributed by atoms with van der Waals surface area (Å²) in [6.07, 6.45) is 2.29. The van der Waals surface area contributed by atoms with Crippen LogP contribution >= 0.6 is 23.1 Å². The summed E-state index contributed by atoms with van der Waals surface area (Å²) in [4.78, 5) is 6.05. The number of hydrogen-bond acceptors (Lipinski definition) is 4. The van der Waals surface area contributed by atoms with E-state index in [0.717, 1.165) is 18.9 Å². The van der Waals surface area contributed by atoms with Crippen molar-refractivity contribution in [2.75, 3.05) is 18.1 Å². The van der Waals surface area contributed by atoms with E-state index in [0.29, 0.717) is 0 Å². The molecule has 0 spiro atoms. The molecule has 1 aliphatic heterocycles. The second-order valence-corrected chi connectivity index (χ2v) is 5.92. The van der Waals surface area contributed by atoms with E-state index in [1.165, 1.54) is 33.5 Å². The van der Waals surface area contributed by atoms with Crippen molar-refractivity contribution in [2.45, 2.75) is 25.7 Å². The minimum atomic E-state index is 0.718. The summed E-state index contributed by atoms with van der Waals surface area (Å²) in [5.74, 6) is 3.28. The van der Waals surface area contributed by atoms with Crippen LogP contribution in [-0.4, -0.2) is 23.0 Å². The van der Waals surface area contributed by atoms with Gasteiger partial charge in [-0.1, -0.05) is 0 Å². The molecule has 1 fully saturated rings. The smallest absolute Gasteiger partial charge is 0.0970 e. The third kappa shape index (κ3) is 2.12. The van der Waals surface area contributed by atoms with Crippen molar-refractivity contribution in [2.24, 2.45) is 5.73 Å². The van der Waals surface area contributed by atoms with Gasteiger partial charge < -0.3 is 5.73 Å². The van der Waals surface area contributed by atoms with E-state index in [1.54, 1.807) is 0 Å². The molecule has 1 saturated heterocycles. The van der Waals surface area contributed by atoms with Crippen molar-refractivity contribution in [3.63, 3.8) is 0 Å². The second kappa shape index (κ2) is 4.64. The van der Waals surface area contributed by atoms with Gasteiger partial charge in [0.05, 0.1) is 10.7 Å². The first-order valence-corrected chi connectivity index (χ1v) is 7.02. The molecule has 0 bridgehead atoms. The van der Waals surface area contributed by atoms with E-state index in [2.05, 4.69) is 11.9 Å². The van der Waals surface area contributed by atoms with E-state index in [-0.39, 0.29) is 0 Å². The van der Waals surface area contributed by atoms with Crippen LogP contribution in [0.5, 0.6) is 0 Å². The van der Waals surface area contributed by atoms with Crippen LogP contribution in [0.4, 0.5) is 0 Å². The zero-order valence-electron chi connectivity index (χ0n) is 8.45. The van der Waals surface area contributed by atoms with Crippen molar-refractivity contribution in [3.05, 3.63) is 15.6 Å². The third-order valence-corrected chi connectivity index (χ3v) is 5.10. The first-order chi connectivity index (χ1) is 6.81. The number of nitrogens with two attached hydrogens (primary N) is 1. The lowest BCUT2D eigenvalue weighted by molar-refractivity contribution is 0.770. The Kier molecular flexibility index (Phi) is 3.47. The van der Waals surface area contributed by atoms with Gasteiger partial charge in [-0.3, -0.25) is 0 Å². The first-order valence-electron chi connectivity index (χ1n) is 5.05. The van der Waals surface area contributed by atoms with Crippen molar-refractivity contribution < 1.29 is 0 Å². The third-order valence-electron chi connectivity index (χ3n) is 2.56. The van der Waals surface area contributed by atoms with Crippen molar-refractivity contribution >= 4 is 23.1 Å². The summed E-state index contributed by atoms with van der Waals surface area (Å²) in [5.41, 5.74) is 6.77. The number of aryl methyl sites for hydroxylation is 1. The van der Waals surface area contributed by atoms with E-state index in [4.69, 9.17) is 5.73 Å². The van der Waals surface area contributed by atoms with Crippen LogP contribution in [0.2, 0.25) is 0 Å². The minimum absolute atomic E-state index is 0.718. The van der Waals surface area contributed by atoms with Gasteiger partial charge in [-0.2, -0.15) is 11.8 Å². The quantitative estimate of drug-likeness (QED) is 0.862. The van der Waals surface area contributed by atoms with Crippen LogP contribution in [-0.2, 0) is 6.42 Å². The molecule has 1 aliphatic rings. The van der Waals surface area contributed by atoms with Crippen molar-refractivity contribution in [3.8, 4) is 0 Å². The van der Waals surface area contributed by atoms with E-state index < -0.39 is 0 Å². The summed E-state index contributed by atoms with van der Waals surface area (Å²) >= 11 is 3.92. The first kappa shape index (κ1) is 10.5. The molecule has 0 saturated carbocycles. The topological polar surface area (TPSA) is 38.9 Å². The van der Waals surface area contributed by atoms with Gasteiger partial charge in [0.1, 0.15) is 0 Å². The number of nitrogens with zero attached hydrogens (tertiary/aromatic N) is 1. The van der Waals surface area contributed by atoms with Gasteiger partial charge in [-0.05, 0) is 32.1 Å². The van der Waals surface area contributed by atoms with E-state index >= 15 is 0 Å². The van der Waals surface area contributed by atoms with Gasteiger partial charge in [0, 0.05) is 16.5 Å². The van der Waals surface area contributed by atoms with Crippen LogP contribution in [0, 0.1) is 6.92 Å². The normalized spacial score (nSPS) is 21.7. The Labute approximate surface area is 93.3 Å². The fraction of sp³-hybridized carbons (Fsp3) is 0.700. The van der Waals surface area contributed by atoms with Gasteiger partial charge in [0.25, 0.3) is 0 Å². The molecule has 0 radical (unpaired) electrons. The summed E-state index contributed by atoms with van der Waals surface area (Å²) in [7, 11) is 0. The van der Waals surface area contributed by atoms with Crippen molar-refractivity contribution in [1.82, 2.24) is 4.98 Å². The Balaban J connectivity index is 2.14. The van der Waals surface area contributed by atoms with Crippen LogP contribution in [0.25, 0.3) is 0 Å². The molecular formula is C10H16N2S2. The molecule has 4 heteroatoms. The standard InChI is InChI=1S/C10H16N2S2/c1-7-9(2-4-11)14-10(12-7)8-3-5-13-6-8/h8H,2-6,11H2,1H3.